The lowest BCUT2D eigenvalue weighted by Crippen LogP contribution is -2.16. The number of aliphatic hydroxyl groups excluding tert-OH is 1. The van der Waals surface area contributed by atoms with E-state index in [0.717, 1.165) is 11.3 Å². The standard InChI is InChI=1S/C18H21NO2/c1-11(2)13-5-7-14(8-6-13)19-16-10-18(21)17(20)9-15(16)12(3)4/h5-12,21H,1-4H3/b19-16+. The molecule has 0 atom stereocenters. The molecular formula is C18H21NO2. The third-order valence-electron chi connectivity index (χ3n) is 3.54. The highest BCUT2D eigenvalue weighted by atomic mass is 16.3. The van der Waals surface area contributed by atoms with E-state index in [0.29, 0.717) is 11.6 Å². The Labute approximate surface area is 125 Å². The predicted octanol–water partition coefficient (Wildman–Crippen LogP) is 4.49. The monoisotopic (exact) mass is 283 g/mol. The summed E-state index contributed by atoms with van der Waals surface area (Å²) < 4.78 is 0. The zero-order chi connectivity index (χ0) is 15.6. The Morgan fingerprint density at radius 1 is 0.952 bits per heavy atom. The normalized spacial score (nSPS) is 17.4. The van der Waals surface area contributed by atoms with Crippen LogP contribution in [0, 0.1) is 5.92 Å². The molecule has 2 rings (SSSR count). The van der Waals surface area contributed by atoms with Gasteiger partial charge < -0.3 is 5.11 Å². The number of carbonyl (C=O) groups excluding carboxylic acids is 1. The van der Waals surface area contributed by atoms with Crippen LogP contribution < -0.4 is 0 Å². The van der Waals surface area contributed by atoms with E-state index in [2.05, 4.69) is 31.0 Å². The highest BCUT2D eigenvalue weighted by molar-refractivity contribution is 6.21. The number of allylic oxidation sites excluding steroid dienone is 3. The van der Waals surface area contributed by atoms with Crippen molar-refractivity contribution in [3.63, 3.8) is 0 Å². The maximum absolute atomic E-state index is 11.6. The molecule has 3 nitrogen and oxygen atoms in total. The van der Waals surface area contributed by atoms with Gasteiger partial charge in [-0.3, -0.25) is 4.79 Å². The van der Waals surface area contributed by atoms with Crippen molar-refractivity contribution >= 4 is 17.2 Å². The smallest absolute Gasteiger partial charge is 0.220 e. The number of hydrogen-bond donors (Lipinski definition) is 1. The molecule has 0 spiro atoms. The van der Waals surface area contributed by atoms with E-state index in [4.69, 9.17) is 0 Å². The summed E-state index contributed by atoms with van der Waals surface area (Å²) in [4.78, 5) is 16.1. The molecule has 0 saturated heterocycles. The van der Waals surface area contributed by atoms with Crippen LogP contribution in [-0.4, -0.2) is 16.6 Å². The van der Waals surface area contributed by atoms with Gasteiger partial charge in [0.1, 0.15) is 0 Å². The molecule has 0 heterocycles. The van der Waals surface area contributed by atoms with Gasteiger partial charge in [0, 0.05) is 6.08 Å². The summed E-state index contributed by atoms with van der Waals surface area (Å²) in [6.45, 7) is 8.31. The Kier molecular flexibility index (Phi) is 4.41. The van der Waals surface area contributed by atoms with Crippen LogP contribution in [0.1, 0.15) is 39.2 Å². The first-order chi connectivity index (χ1) is 9.88. The fourth-order valence-electron chi connectivity index (χ4n) is 2.21. The first-order valence-corrected chi connectivity index (χ1v) is 7.24. The number of carbonyl (C=O) groups is 1. The topological polar surface area (TPSA) is 49.7 Å². The average Bonchev–Trinajstić information content (AvgIpc) is 2.43. The summed E-state index contributed by atoms with van der Waals surface area (Å²) in [6, 6.07) is 8.03. The Morgan fingerprint density at radius 3 is 2.10 bits per heavy atom. The van der Waals surface area contributed by atoms with E-state index in [-0.39, 0.29) is 17.5 Å². The van der Waals surface area contributed by atoms with Gasteiger partial charge in [0.25, 0.3) is 0 Å². The van der Waals surface area contributed by atoms with Gasteiger partial charge in [-0.2, -0.15) is 0 Å². The Morgan fingerprint density at radius 2 is 1.57 bits per heavy atom. The number of nitrogens with zero attached hydrogens (tertiary/aromatic N) is 1. The van der Waals surface area contributed by atoms with Crippen molar-refractivity contribution in [1.82, 2.24) is 0 Å². The van der Waals surface area contributed by atoms with Crippen molar-refractivity contribution < 1.29 is 9.90 Å². The predicted molar refractivity (Wildman–Crippen MR) is 86.3 cm³/mol. The van der Waals surface area contributed by atoms with Gasteiger partial charge in [0.05, 0.1) is 11.4 Å². The molecule has 110 valence electrons. The molecule has 0 unspecified atom stereocenters. The Balaban J connectivity index is 2.38. The van der Waals surface area contributed by atoms with Crippen LogP contribution in [0.4, 0.5) is 5.69 Å². The SMILES string of the molecule is CC(C)C1=CC(=O)C(O)=C/C1=N\c1ccc(C(C)C)cc1. The minimum Gasteiger partial charge on any atom is -0.504 e. The molecule has 3 heteroatoms. The minimum absolute atomic E-state index is 0.173. The first-order valence-electron chi connectivity index (χ1n) is 7.24. The summed E-state index contributed by atoms with van der Waals surface area (Å²) in [5, 5.41) is 9.63. The molecule has 0 radical (unpaired) electrons. The van der Waals surface area contributed by atoms with Crippen LogP contribution in [-0.2, 0) is 4.79 Å². The fourth-order valence-corrected chi connectivity index (χ4v) is 2.21. The van der Waals surface area contributed by atoms with Gasteiger partial charge in [-0.05, 0) is 41.2 Å². The third-order valence-corrected chi connectivity index (χ3v) is 3.54. The summed E-state index contributed by atoms with van der Waals surface area (Å²) in [5.74, 6) is 0.0470. The van der Waals surface area contributed by atoms with E-state index in [1.165, 1.54) is 17.7 Å². The van der Waals surface area contributed by atoms with Gasteiger partial charge in [-0.25, -0.2) is 4.99 Å². The molecule has 1 N–H and O–H groups in total. The number of rotatable bonds is 3. The van der Waals surface area contributed by atoms with Crippen LogP contribution in [0.3, 0.4) is 0 Å². The van der Waals surface area contributed by atoms with Gasteiger partial charge in [-0.1, -0.05) is 39.8 Å². The minimum atomic E-state index is -0.354. The van der Waals surface area contributed by atoms with Gasteiger partial charge in [0.2, 0.25) is 5.78 Å². The van der Waals surface area contributed by atoms with Crippen LogP contribution in [0.2, 0.25) is 0 Å². The molecule has 0 aliphatic heterocycles. The van der Waals surface area contributed by atoms with E-state index >= 15 is 0 Å². The highest BCUT2D eigenvalue weighted by Crippen LogP contribution is 2.24. The molecule has 1 aromatic rings. The molecule has 1 aromatic carbocycles. The van der Waals surface area contributed by atoms with Crippen molar-refractivity contribution in [3.05, 3.63) is 53.3 Å². The van der Waals surface area contributed by atoms with E-state index < -0.39 is 0 Å². The van der Waals surface area contributed by atoms with E-state index in [1.54, 1.807) is 0 Å². The quantitative estimate of drug-likeness (QED) is 0.831. The van der Waals surface area contributed by atoms with E-state index in [9.17, 15) is 9.90 Å². The van der Waals surface area contributed by atoms with Crippen LogP contribution in [0.5, 0.6) is 0 Å². The van der Waals surface area contributed by atoms with Crippen molar-refractivity contribution in [2.75, 3.05) is 0 Å². The zero-order valence-electron chi connectivity index (χ0n) is 12.9. The molecule has 1 aliphatic carbocycles. The second-order valence-electron chi connectivity index (χ2n) is 5.89. The van der Waals surface area contributed by atoms with Crippen molar-refractivity contribution in [1.29, 1.82) is 0 Å². The number of benzene rings is 1. The molecular weight excluding hydrogens is 262 g/mol. The molecule has 0 aromatic heterocycles. The molecule has 0 bridgehead atoms. The molecule has 0 saturated carbocycles. The largest absolute Gasteiger partial charge is 0.504 e. The van der Waals surface area contributed by atoms with Crippen molar-refractivity contribution in [3.8, 4) is 0 Å². The second kappa shape index (κ2) is 6.08. The third kappa shape index (κ3) is 3.48. The zero-order valence-corrected chi connectivity index (χ0v) is 12.9. The molecule has 21 heavy (non-hydrogen) atoms. The lowest BCUT2D eigenvalue weighted by molar-refractivity contribution is -0.113. The number of aliphatic hydroxyl groups is 1. The van der Waals surface area contributed by atoms with Crippen molar-refractivity contribution in [2.45, 2.75) is 33.6 Å². The Hall–Kier alpha value is -2.16. The summed E-state index contributed by atoms with van der Waals surface area (Å²) in [5.41, 5.74) is 3.58. The summed E-state index contributed by atoms with van der Waals surface area (Å²) in [7, 11) is 0. The van der Waals surface area contributed by atoms with Gasteiger partial charge in [0.15, 0.2) is 5.76 Å². The molecule has 1 aliphatic rings. The molecule has 0 fully saturated rings. The Bertz CT molecular complexity index is 632. The average molecular weight is 283 g/mol. The van der Waals surface area contributed by atoms with E-state index in [1.807, 2.05) is 26.0 Å². The van der Waals surface area contributed by atoms with Gasteiger partial charge in [-0.15, -0.1) is 0 Å². The summed E-state index contributed by atoms with van der Waals surface area (Å²) in [6.07, 6.45) is 2.93. The second-order valence-corrected chi connectivity index (χ2v) is 5.89. The van der Waals surface area contributed by atoms with Crippen LogP contribution >= 0.6 is 0 Å². The maximum Gasteiger partial charge on any atom is 0.220 e. The number of hydrogen-bond acceptors (Lipinski definition) is 3. The van der Waals surface area contributed by atoms with Crippen LogP contribution in [0.15, 0.2) is 52.7 Å². The lowest BCUT2D eigenvalue weighted by Gasteiger charge is -2.16. The summed E-state index contributed by atoms with van der Waals surface area (Å²) >= 11 is 0. The number of aliphatic imine (C=N–C) groups is 1. The highest BCUT2D eigenvalue weighted by Gasteiger charge is 2.20. The molecule has 0 amide bonds. The van der Waals surface area contributed by atoms with Crippen molar-refractivity contribution in [2.24, 2.45) is 10.9 Å². The maximum atomic E-state index is 11.6. The fraction of sp³-hybridized carbons (Fsp3) is 0.333. The first kappa shape index (κ1) is 15.2. The van der Waals surface area contributed by atoms with Gasteiger partial charge >= 0.3 is 0 Å². The van der Waals surface area contributed by atoms with Crippen LogP contribution in [0.25, 0.3) is 0 Å². The lowest BCUT2D eigenvalue weighted by atomic mass is 9.92. The number of ketones is 1.